The summed E-state index contributed by atoms with van der Waals surface area (Å²) in [6.07, 6.45) is 8.04. The minimum Gasteiger partial charge on any atom is -0.315 e. The first kappa shape index (κ1) is 14.3. The standard InChI is InChI=1S/C13H28N2S/c1-3-15(10-8-14-9-11-16-2)12-13-6-4-5-7-13/h13-14H,3-12H2,1-2H3. The van der Waals surface area contributed by atoms with Crippen molar-refractivity contribution in [2.45, 2.75) is 32.6 Å². The van der Waals surface area contributed by atoms with Gasteiger partial charge in [-0.15, -0.1) is 0 Å². The second-order valence-electron chi connectivity index (χ2n) is 4.79. The van der Waals surface area contributed by atoms with E-state index >= 15 is 0 Å². The van der Waals surface area contributed by atoms with Crippen LogP contribution >= 0.6 is 11.8 Å². The fourth-order valence-corrected chi connectivity index (χ4v) is 2.82. The molecule has 0 atom stereocenters. The zero-order valence-corrected chi connectivity index (χ0v) is 11.8. The Labute approximate surface area is 106 Å². The van der Waals surface area contributed by atoms with Gasteiger partial charge < -0.3 is 10.2 Å². The van der Waals surface area contributed by atoms with Crippen LogP contribution in [-0.4, -0.2) is 49.6 Å². The van der Waals surface area contributed by atoms with E-state index in [1.54, 1.807) is 0 Å². The summed E-state index contributed by atoms with van der Waals surface area (Å²) in [7, 11) is 0. The Morgan fingerprint density at radius 3 is 2.62 bits per heavy atom. The third-order valence-corrected chi connectivity index (χ3v) is 4.14. The summed E-state index contributed by atoms with van der Waals surface area (Å²) in [5, 5.41) is 3.51. The maximum atomic E-state index is 3.51. The van der Waals surface area contributed by atoms with Gasteiger partial charge in [-0.25, -0.2) is 0 Å². The number of nitrogens with zero attached hydrogens (tertiary/aromatic N) is 1. The summed E-state index contributed by atoms with van der Waals surface area (Å²) in [5.74, 6) is 2.22. The highest BCUT2D eigenvalue weighted by molar-refractivity contribution is 7.98. The molecule has 0 radical (unpaired) electrons. The lowest BCUT2D eigenvalue weighted by atomic mass is 10.1. The zero-order valence-electron chi connectivity index (χ0n) is 11.0. The molecule has 0 aliphatic heterocycles. The van der Waals surface area contributed by atoms with Gasteiger partial charge in [0.25, 0.3) is 0 Å². The van der Waals surface area contributed by atoms with Gasteiger partial charge in [0.2, 0.25) is 0 Å². The SMILES string of the molecule is CCN(CCNCCSC)CC1CCCC1. The van der Waals surface area contributed by atoms with E-state index < -0.39 is 0 Å². The molecule has 0 bridgehead atoms. The van der Waals surface area contributed by atoms with Gasteiger partial charge >= 0.3 is 0 Å². The number of thioether (sulfide) groups is 1. The molecule has 0 aromatic heterocycles. The second-order valence-corrected chi connectivity index (χ2v) is 5.77. The zero-order chi connectivity index (χ0) is 11.6. The number of hydrogen-bond acceptors (Lipinski definition) is 3. The maximum Gasteiger partial charge on any atom is 0.0107 e. The molecule has 0 heterocycles. The fourth-order valence-electron chi connectivity index (χ4n) is 2.47. The van der Waals surface area contributed by atoms with Crippen molar-refractivity contribution in [3.63, 3.8) is 0 Å². The van der Waals surface area contributed by atoms with Crippen LogP contribution in [0.5, 0.6) is 0 Å². The van der Waals surface area contributed by atoms with Crippen molar-refractivity contribution in [1.82, 2.24) is 10.2 Å². The number of nitrogens with one attached hydrogen (secondary N) is 1. The highest BCUT2D eigenvalue weighted by Crippen LogP contribution is 2.25. The van der Waals surface area contributed by atoms with Gasteiger partial charge in [0.1, 0.15) is 0 Å². The Morgan fingerprint density at radius 2 is 2.00 bits per heavy atom. The van der Waals surface area contributed by atoms with E-state index in [1.807, 2.05) is 11.8 Å². The molecular weight excluding hydrogens is 216 g/mol. The Hall–Kier alpha value is 0.270. The molecule has 1 rings (SSSR count). The van der Waals surface area contributed by atoms with E-state index in [4.69, 9.17) is 0 Å². The molecule has 0 amide bonds. The summed E-state index contributed by atoms with van der Waals surface area (Å²) in [4.78, 5) is 2.61. The molecule has 0 spiro atoms. The molecule has 0 aromatic carbocycles. The van der Waals surface area contributed by atoms with Crippen LogP contribution in [0, 0.1) is 5.92 Å². The van der Waals surface area contributed by atoms with Crippen molar-refractivity contribution in [3.05, 3.63) is 0 Å². The molecule has 2 nitrogen and oxygen atoms in total. The van der Waals surface area contributed by atoms with Gasteiger partial charge in [-0.05, 0) is 31.6 Å². The van der Waals surface area contributed by atoms with Gasteiger partial charge in [-0.2, -0.15) is 11.8 Å². The Morgan fingerprint density at radius 1 is 1.25 bits per heavy atom. The van der Waals surface area contributed by atoms with E-state index in [0.29, 0.717) is 0 Å². The third-order valence-electron chi connectivity index (χ3n) is 3.53. The van der Waals surface area contributed by atoms with Gasteiger partial charge in [0.05, 0.1) is 0 Å². The summed E-state index contributed by atoms with van der Waals surface area (Å²) in [6, 6.07) is 0. The minimum atomic E-state index is 0.992. The molecule has 1 aliphatic rings. The molecule has 96 valence electrons. The van der Waals surface area contributed by atoms with Crippen LogP contribution in [0.4, 0.5) is 0 Å². The normalized spacial score (nSPS) is 17.4. The monoisotopic (exact) mass is 244 g/mol. The van der Waals surface area contributed by atoms with Crippen LogP contribution < -0.4 is 5.32 Å². The summed E-state index contributed by atoms with van der Waals surface area (Å²) < 4.78 is 0. The highest BCUT2D eigenvalue weighted by Gasteiger charge is 2.17. The average Bonchev–Trinajstić information content (AvgIpc) is 2.80. The predicted molar refractivity (Wildman–Crippen MR) is 75.3 cm³/mol. The maximum absolute atomic E-state index is 3.51. The molecule has 1 saturated carbocycles. The van der Waals surface area contributed by atoms with Crippen molar-refractivity contribution in [1.29, 1.82) is 0 Å². The Bertz CT molecular complexity index is 158. The molecular formula is C13H28N2S. The molecule has 1 fully saturated rings. The molecule has 0 saturated heterocycles. The van der Waals surface area contributed by atoms with Crippen molar-refractivity contribution in [3.8, 4) is 0 Å². The van der Waals surface area contributed by atoms with Crippen molar-refractivity contribution >= 4 is 11.8 Å². The first-order valence-corrected chi connectivity index (χ1v) is 8.18. The number of likely N-dealkylation sites (N-methyl/N-ethyl adjacent to an activating group) is 1. The smallest absolute Gasteiger partial charge is 0.0107 e. The van der Waals surface area contributed by atoms with Crippen molar-refractivity contribution < 1.29 is 0 Å². The van der Waals surface area contributed by atoms with Crippen LogP contribution in [0.25, 0.3) is 0 Å². The fraction of sp³-hybridized carbons (Fsp3) is 1.00. The molecule has 3 heteroatoms. The first-order chi connectivity index (χ1) is 7.86. The lowest BCUT2D eigenvalue weighted by Crippen LogP contribution is -2.35. The van der Waals surface area contributed by atoms with Crippen LogP contribution in [0.3, 0.4) is 0 Å². The quantitative estimate of drug-likeness (QED) is 0.627. The van der Waals surface area contributed by atoms with Gasteiger partial charge in [-0.1, -0.05) is 19.8 Å². The Kier molecular flexibility index (Phi) is 8.34. The van der Waals surface area contributed by atoms with Crippen LogP contribution in [-0.2, 0) is 0 Å². The van der Waals surface area contributed by atoms with Crippen molar-refractivity contribution in [2.75, 3.05) is 44.7 Å². The lowest BCUT2D eigenvalue weighted by Gasteiger charge is -2.24. The van der Waals surface area contributed by atoms with E-state index in [2.05, 4.69) is 23.4 Å². The summed E-state index contributed by atoms with van der Waals surface area (Å²) >= 11 is 1.92. The number of rotatable bonds is 9. The third kappa shape index (κ3) is 6.12. The van der Waals surface area contributed by atoms with Crippen molar-refractivity contribution in [2.24, 2.45) is 5.92 Å². The molecule has 1 aliphatic carbocycles. The van der Waals surface area contributed by atoms with Crippen LogP contribution in [0.15, 0.2) is 0 Å². The average molecular weight is 244 g/mol. The van der Waals surface area contributed by atoms with Gasteiger partial charge in [0.15, 0.2) is 0 Å². The summed E-state index contributed by atoms with van der Waals surface area (Å²) in [6.45, 7) is 8.36. The van der Waals surface area contributed by atoms with E-state index in [-0.39, 0.29) is 0 Å². The number of hydrogen-bond donors (Lipinski definition) is 1. The highest BCUT2D eigenvalue weighted by atomic mass is 32.2. The minimum absolute atomic E-state index is 0.992. The topological polar surface area (TPSA) is 15.3 Å². The summed E-state index contributed by atoms with van der Waals surface area (Å²) in [5.41, 5.74) is 0. The van der Waals surface area contributed by atoms with E-state index in [0.717, 1.165) is 19.0 Å². The molecule has 1 N–H and O–H groups in total. The van der Waals surface area contributed by atoms with E-state index in [1.165, 1.54) is 51.1 Å². The largest absolute Gasteiger partial charge is 0.315 e. The molecule has 16 heavy (non-hydrogen) atoms. The van der Waals surface area contributed by atoms with Crippen LogP contribution in [0.2, 0.25) is 0 Å². The second kappa shape index (κ2) is 9.32. The predicted octanol–water partition coefficient (Wildman–Crippen LogP) is 2.45. The van der Waals surface area contributed by atoms with Crippen LogP contribution in [0.1, 0.15) is 32.6 Å². The van der Waals surface area contributed by atoms with E-state index in [9.17, 15) is 0 Å². The molecule has 0 aromatic rings. The van der Waals surface area contributed by atoms with Gasteiger partial charge in [0, 0.05) is 31.9 Å². The first-order valence-electron chi connectivity index (χ1n) is 6.78. The lowest BCUT2D eigenvalue weighted by molar-refractivity contribution is 0.243. The molecule has 0 unspecified atom stereocenters. The Balaban J connectivity index is 2.01. The van der Waals surface area contributed by atoms with Gasteiger partial charge in [-0.3, -0.25) is 0 Å².